The predicted octanol–water partition coefficient (Wildman–Crippen LogP) is 4.88. The van der Waals surface area contributed by atoms with Crippen LogP contribution in [0.2, 0.25) is 10.0 Å². The van der Waals surface area contributed by atoms with Gasteiger partial charge in [0.1, 0.15) is 11.6 Å². The molecule has 2 aromatic carbocycles. The lowest BCUT2D eigenvalue weighted by Gasteiger charge is -2.09. The van der Waals surface area contributed by atoms with E-state index in [2.05, 4.69) is 5.32 Å². The van der Waals surface area contributed by atoms with Gasteiger partial charge < -0.3 is 5.32 Å². The lowest BCUT2D eigenvalue weighted by Crippen LogP contribution is -2.00. The zero-order valence-corrected chi connectivity index (χ0v) is 10.7. The van der Waals surface area contributed by atoms with Crippen LogP contribution in [0.25, 0.3) is 0 Å². The molecule has 0 aliphatic rings. The van der Waals surface area contributed by atoms with Crippen molar-refractivity contribution in [2.45, 2.75) is 6.54 Å². The van der Waals surface area contributed by atoms with E-state index >= 15 is 0 Å². The van der Waals surface area contributed by atoms with Gasteiger partial charge in [-0.15, -0.1) is 0 Å². The molecule has 5 heteroatoms. The first kappa shape index (κ1) is 13.1. The average Bonchev–Trinajstić information content (AvgIpc) is 2.32. The van der Waals surface area contributed by atoms with Crippen molar-refractivity contribution in [3.63, 3.8) is 0 Å². The van der Waals surface area contributed by atoms with E-state index in [1.807, 2.05) is 0 Å². The van der Waals surface area contributed by atoms with Crippen LogP contribution in [0.5, 0.6) is 0 Å². The zero-order chi connectivity index (χ0) is 13.1. The van der Waals surface area contributed by atoms with Gasteiger partial charge in [-0.2, -0.15) is 0 Å². The molecule has 0 saturated heterocycles. The summed E-state index contributed by atoms with van der Waals surface area (Å²) in [6, 6.07) is 8.52. The predicted molar refractivity (Wildman–Crippen MR) is 70.1 cm³/mol. The summed E-state index contributed by atoms with van der Waals surface area (Å²) in [4.78, 5) is 0. The monoisotopic (exact) mass is 287 g/mol. The molecule has 0 saturated carbocycles. The van der Waals surface area contributed by atoms with Gasteiger partial charge in [0, 0.05) is 6.54 Å². The molecular weight excluding hydrogens is 279 g/mol. The Morgan fingerprint density at radius 2 is 1.72 bits per heavy atom. The molecule has 0 aliphatic carbocycles. The van der Waals surface area contributed by atoms with E-state index in [1.165, 1.54) is 24.3 Å². The molecule has 1 nitrogen and oxygen atoms in total. The van der Waals surface area contributed by atoms with E-state index < -0.39 is 11.6 Å². The van der Waals surface area contributed by atoms with Gasteiger partial charge in [-0.25, -0.2) is 8.78 Å². The molecule has 0 bridgehead atoms. The summed E-state index contributed by atoms with van der Waals surface area (Å²) >= 11 is 11.5. The van der Waals surface area contributed by atoms with E-state index in [0.29, 0.717) is 17.3 Å². The highest BCUT2D eigenvalue weighted by molar-refractivity contribution is 6.33. The molecule has 0 aliphatic heterocycles. The van der Waals surface area contributed by atoms with E-state index in [9.17, 15) is 8.78 Å². The molecule has 0 spiro atoms. The number of benzene rings is 2. The summed E-state index contributed by atoms with van der Waals surface area (Å²) in [7, 11) is 0. The summed E-state index contributed by atoms with van der Waals surface area (Å²) in [5, 5.41) is 3.39. The van der Waals surface area contributed by atoms with E-state index in [-0.39, 0.29) is 5.02 Å². The van der Waals surface area contributed by atoms with Crippen LogP contribution in [0.4, 0.5) is 14.5 Å². The lowest BCUT2D eigenvalue weighted by atomic mass is 10.2. The first-order valence-corrected chi connectivity index (χ1v) is 5.95. The fourth-order valence-electron chi connectivity index (χ4n) is 1.48. The normalized spacial score (nSPS) is 10.4. The maximum absolute atomic E-state index is 13.0. The van der Waals surface area contributed by atoms with Crippen LogP contribution in [0, 0.1) is 11.6 Å². The second kappa shape index (κ2) is 5.55. The third-order valence-corrected chi connectivity index (χ3v) is 3.00. The van der Waals surface area contributed by atoms with Crippen molar-refractivity contribution < 1.29 is 8.78 Å². The second-order valence-corrected chi connectivity index (χ2v) is 4.54. The highest BCUT2D eigenvalue weighted by Gasteiger charge is 2.03. The van der Waals surface area contributed by atoms with Gasteiger partial charge in [-0.3, -0.25) is 0 Å². The Morgan fingerprint density at radius 1 is 0.944 bits per heavy atom. The van der Waals surface area contributed by atoms with Gasteiger partial charge in [-0.05, 0) is 35.9 Å². The number of hydrogen-bond acceptors (Lipinski definition) is 1. The SMILES string of the molecule is Fc1ccc(NCc2ccc(F)c(Cl)c2)c(Cl)c1. The second-order valence-electron chi connectivity index (χ2n) is 3.73. The fourth-order valence-corrected chi connectivity index (χ4v) is 1.92. The van der Waals surface area contributed by atoms with Gasteiger partial charge >= 0.3 is 0 Å². The van der Waals surface area contributed by atoms with Gasteiger partial charge in [0.05, 0.1) is 15.7 Å². The topological polar surface area (TPSA) is 12.0 Å². The minimum atomic E-state index is -0.458. The van der Waals surface area contributed by atoms with Crippen LogP contribution in [-0.4, -0.2) is 0 Å². The van der Waals surface area contributed by atoms with Crippen molar-refractivity contribution in [1.82, 2.24) is 0 Å². The number of nitrogens with one attached hydrogen (secondary N) is 1. The van der Waals surface area contributed by atoms with Crippen molar-refractivity contribution in [2.75, 3.05) is 5.32 Å². The van der Waals surface area contributed by atoms with E-state index in [0.717, 1.165) is 5.56 Å². The first-order chi connectivity index (χ1) is 8.56. The Hall–Kier alpha value is -1.32. The Balaban J connectivity index is 2.09. The van der Waals surface area contributed by atoms with Crippen LogP contribution in [0.3, 0.4) is 0 Å². The Bertz CT molecular complexity index is 573. The molecule has 1 N–H and O–H groups in total. The van der Waals surface area contributed by atoms with E-state index in [4.69, 9.17) is 23.2 Å². The van der Waals surface area contributed by atoms with Gasteiger partial charge in [0.2, 0.25) is 0 Å². The minimum absolute atomic E-state index is 0.0690. The molecule has 0 fully saturated rings. The molecular formula is C13H9Cl2F2N. The highest BCUT2D eigenvalue weighted by Crippen LogP contribution is 2.23. The van der Waals surface area contributed by atoms with Gasteiger partial charge in [0.25, 0.3) is 0 Å². The zero-order valence-electron chi connectivity index (χ0n) is 9.18. The molecule has 94 valence electrons. The Morgan fingerprint density at radius 3 is 2.39 bits per heavy atom. The molecule has 2 rings (SSSR count). The molecule has 0 amide bonds. The molecule has 0 unspecified atom stereocenters. The van der Waals surface area contributed by atoms with Crippen molar-refractivity contribution >= 4 is 28.9 Å². The third kappa shape index (κ3) is 3.12. The van der Waals surface area contributed by atoms with Crippen LogP contribution in [0.1, 0.15) is 5.56 Å². The largest absolute Gasteiger partial charge is 0.380 e. The summed E-state index contributed by atoms with van der Waals surface area (Å²) in [6.45, 7) is 0.422. The van der Waals surface area contributed by atoms with Crippen molar-refractivity contribution in [3.8, 4) is 0 Å². The van der Waals surface area contributed by atoms with Gasteiger partial charge in [-0.1, -0.05) is 29.3 Å². The molecule has 0 atom stereocenters. The summed E-state index contributed by atoms with van der Waals surface area (Å²) in [6.07, 6.45) is 0. The number of rotatable bonds is 3. The molecule has 18 heavy (non-hydrogen) atoms. The maximum Gasteiger partial charge on any atom is 0.141 e. The third-order valence-electron chi connectivity index (χ3n) is 2.40. The van der Waals surface area contributed by atoms with Crippen LogP contribution in [0.15, 0.2) is 36.4 Å². The summed E-state index contributed by atoms with van der Waals surface area (Å²) in [5.41, 5.74) is 1.42. The molecule has 0 heterocycles. The smallest absolute Gasteiger partial charge is 0.141 e. The molecule has 2 aromatic rings. The Kier molecular flexibility index (Phi) is 4.04. The molecule has 0 aromatic heterocycles. The summed E-state index contributed by atoms with van der Waals surface area (Å²) in [5.74, 6) is -0.851. The Labute approximate surface area is 113 Å². The summed E-state index contributed by atoms with van der Waals surface area (Å²) < 4.78 is 25.8. The standard InChI is InChI=1S/C13H9Cl2F2N/c14-10-5-8(1-3-12(10)17)7-18-13-4-2-9(16)6-11(13)15/h1-6,18H,7H2. The lowest BCUT2D eigenvalue weighted by molar-refractivity contribution is 0.627. The number of anilines is 1. The first-order valence-electron chi connectivity index (χ1n) is 5.19. The van der Waals surface area contributed by atoms with Crippen molar-refractivity contribution in [3.05, 3.63) is 63.6 Å². The molecule has 0 radical (unpaired) electrons. The van der Waals surface area contributed by atoms with Crippen molar-refractivity contribution in [2.24, 2.45) is 0 Å². The van der Waals surface area contributed by atoms with Crippen molar-refractivity contribution in [1.29, 1.82) is 0 Å². The fraction of sp³-hybridized carbons (Fsp3) is 0.0769. The maximum atomic E-state index is 13.0. The number of halogens is 4. The van der Waals surface area contributed by atoms with Crippen LogP contribution >= 0.6 is 23.2 Å². The quantitative estimate of drug-likeness (QED) is 0.848. The average molecular weight is 288 g/mol. The minimum Gasteiger partial charge on any atom is -0.380 e. The number of hydrogen-bond donors (Lipinski definition) is 1. The van der Waals surface area contributed by atoms with Gasteiger partial charge in [0.15, 0.2) is 0 Å². The highest BCUT2D eigenvalue weighted by atomic mass is 35.5. The van der Waals surface area contributed by atoms with Crippen LogP contribution < -0.4 is 5.32 Å². The van der Waals surface area contributed by atoms with E-state index in [1.54, 1.807) is 12.1 Å². The van der Waals surface area contributed by atoms with Crippen LogP contribution in [-0.2, 0) is 6.54 Å².